The molecule has 150 valence electrons. The highest BCUT2D eigenvalue weighted by atomic mass is 16.6. The fraction of sp³-hybridized carbons (Fsp3) is 0.250. The van der Waals surface area contributed by atoms with Gasteiger partial charge in [-0.05, 0) is 49.7 Å². The summed E-state index contributed by atoms with van der Waals surface area (Å²) < 4.78 is 16.4. The number of hydrogen-bond acceptors (Lipinski definition) is 8. The van der Waals surface area contributed by atoms with Gasteiger partial charge in [0.25, 0.3) is 11.6 Å². The third-order valence-corrected chi connectivity index (χ3v) is 3.96. The molecule has 0 aliphatic heterocycles. The normalized spacial score (nSPS) is 11.7. The fourth-order valence-electron chi connectivity index (χ4n) is 2.43. The lowest BCUT2D eigenvalue weighted by atomic mass is 10.2. The van der Waals surface area contributed by atoms with Crippen LogP contribution in [0.5, 0.6) is 5.75 Å². The van der Waals surface area contributed by atoms with Crippen LogP contribution >= 0.6 is 0 Å². The number of non-ortho nitro benzene ring substituents is 1. The van der Waals surface area contributed by atoms with Crippen LogP contribution < -0.4 is 4.74 Å². The SMILES string of the molecule is CCCOc1ccc(C(=O)O[C@H](C)c2nnc(-c3ccc([N+](=O)[O-])cc3)o2)cc1. The maximum Gasteiger partial charge on any atom is 0.338 e. The zero-order chi connectivity index (χ0) is 20.8. The summed E-state index contributed by atoms with van der Waals surface area (Å²) in [6, 6.07) is 12.4. The van der Waals surface area contributed by atoms with Gasteiger partial charge in [0.05, 0.1) is 17.1 Å². The third-order valence-electron chi connectivity index (χ3n) is 3.96. The lowest BCUT2D eigenvalue weighted by Crippen LogP contribution is -2.09. The highest BCUT2D eigenvalue weighted by molar-refractivity contribution is 5.89. The predicted molar refractivity (Wildman–Crippen MR) is 102 cm³/mol. The number of esters is 1. The third kappa shape index (κ3) is 4.95. The summed E-state index contributed by atoms with van der Waals surface area (Å²) in [5.41, 5.74) is 0.855. The Hall–Kier alpha value is -3.75. The van der Waals surface area contributed by atoms with Gasteiger partial charge in [-0.2, -0.15) is 0 Å². The van der Waals surface area contributed by atoms with Crippen LogP contribution in [0.15, 0.2) is 52.9 Å². The zero-order valence-electron chi connectivity index (χ0n) is 15.9. The predicted octanol–water partition coefficient (Wildman–Crippen LogP) is 4.35. The average Bonchev–Trinajstić information content (AvgIpc) is 3.23. The highest BCUT2D eigenvalue weighted by Crippen LogP contribution is 2.25. The molecule has 1 heterocycles. The van der Waals surface area contributed by atoms with Gasteiger partial charge in [-0.1, -0.05) is 6.92 Å². The minimum absolute atomic E-state index is 0.0399. The van der Waals surface area contributed by atoms with Crippen LogP contribution in [0.25, 0.3) is 11.5 Å². The van der Waals surface area contributed by atoms with Crippen LogP contribution in [0.4, 0.5) is 5.69 Å². The second-order valence-corrected chi connectivity index (χ2v) is 6.17. The zero-order valence-corrected chi connectivity index (χ0v) is 15.9. The van der Waals surface area contributed by atoms with Gasteiger partial charge in [0.15, 0.2) is 6.10 Å². The number of carbonyl (C=O) groups is 1. The number of rotatable bonds is 8. The van der Waals surface area contributed by atoms with E-state index in [1.165, 1.54) is 24.3 Å². The van der Waals surface area contributed by atoms with Gasteiger partial charge in [0.1, 0.15) is 5.75 Å². The van der Waals surface area contributed by atoms with Crippen molar-refractivity contribution in [3.05, 3.63) is 70.1 Å². The van der Waals surface area contributed by atoms with Gasteiger partial charge in [0, 0.05) is 17.7 Å². The Morgan fingerprint density at radius 2 is 1.83 bits per heavy atom. The van der Waals surface area contributed by atoms with E-state index in [1.54, 1.807) is 31.2 Å². The number of aromatic nitrogens is 2. The maximum atomic E-state index is 12.3. The molecule has 0 aliphatic rings. The number of ether oxygens (including phenoxy) is 2. The first kappa shape index (κ1) is 20.0. The van der Waals surface area contributed by atoms with E-state index in [4.69, 9.17) is 13.9 Å². The van der Waals surface area contributed by atoms with Gasteiger partial charge in [-0.3, -0.25) is 10.1 Å². The smallest absolute Gasteiger partial charge is 0.338 e. The van der Waals surface area contributed by atoms with Crippen molar-refractivity contribution < 1.29 is 23.6 Å². The van der Waals surface area contributed by atoms with E-state index in [0.29, 0.717) is 23.5 Å². The first-order valence-electron chi connectivity index (χ1n) is 9.00. The van der Waals surface area contributed by atoms with Crippen molar-refractivity contribution >= 4 is 11.7 Å². The van der Waals surface area contributed by atoms with Gasteiger partial charge >= 0.3 is 5.97 Å². The molecule has 1 atom stereocenters. The summed E-state index contributed by atoms with van der Waals surface area (Å²) in [4.78, 5) is 22.5. The molecule has 0 saturated carbocycles. The van der Waals surface area contributed by atoms with Crippen LogP contribution in [0.3, 0.4) is 0 Å². The van der Waals surface area contributed by atoms with E-state index in [2.05, 4.69) is 10.2 Å². The van der Waals surface area contributed by atoms with Gasteiger partial charge in [0.2, 0.25) is 5.89 Å². The number of nitro benzene ring substituents is 1. The molecule has 3 aromatic rings. The summed E-state index contributed by atoms with van der Waals surface area (Å²) in [6.07, 6.45) is 0.130. The molecule has 0 spiro atoms. The molecule has 1 aromatic heterocycles. The van der Waals surface area contributed by atoms with Crippen LogP contribution in [-0.2, 0) is 4.74 Å². The molecule has 0 amide bonds. The van der Waals surface area contributed by atoms with Gasteiger partial charge in [-0.15, -0.1) is 10.2 Å². The van der Waals surface area contributed by atoms with Gasteiger partial charge < -0.3 is 13.9 Å². The lowest BCUT2D eigenvalue weighted by molar-refractivity contribution is -0.384. The topological polar surface area (TPSA) is 118 Å². The Bertz CT molecular complexity index is 982. The van der Waals surface area contributed by atoms with Crippen molar-refractivity contribution in [1.82, 2.24) is 10.2 Å². The molecular formula is C20H19N3O6. The standard InChI is InChI=1S/C20H19N3O6/c1-3-12-27-17-10-6-15(7-11-17)20(24)28-13(2)18-21-22-19(29-18)14-4-8-16(9-5-14)23(25)26/h4-11,13H,3,12H2,1-2H3/t13-/m1/s1. The van der Waals surface area contributed by atoms with E-state index < -0.39 is 17.0 Å². The number of carbonyl (C=O) groups excluding carboxylic acids is 1. The van der Waals surface area contributed by atoms with E-state index in [-0.39, 0.29) is 17.5 Å². The van der Waals surface area contributed by atoms with E-state index in [0.717, 1.165) is 6.42 Å². The summed E-state index contributed by atoms with van der Waals surface area (Å²) >= 11 is 0. The molecule has 0 fully saturated rings. The van der Waals surface area contributed by atoms with Crippen molar-refractivity contribution in [2.75, 3.05) is 6.61 Å². The molecule has 0 saturated heterocycles. The molecule has 9 nitrogen and oxygen atoms in total. The molecule has 2 aromatic carbocycles. The molecule has 3 rings (SSSR count). The molecule has 29 heavy (non-hydrogen) atoms. The van der Waals surface area contributed by atoms with Crippen molar-refractivity contribution in [3.8, 4) is 17.2 Å². The number of nitro groups is 1. The molecule has 0 bridgehead atoms. The fourth-order valence-corrected chi connectivity index (χ4v) is 2.43. The van der Waals surface area contributed by atoms with E-state index in [1.807, 2.05) is 6.92 Å². The van der Waals surface area contributed by atoms with Crippen LogP contribution in [0.2, 0.25) is 0 Å². The Kier molecular flexibility index (Phi) is 6.18. The van der Waals surface area contributed by atoms with Crippen LogP contribution in [-0.4, -0.2) is 27.7 Å². The minimum Gasteiger partial charge on any atom is -0.494 e. The number of benzene rings is 2. The molecular weight excluding hydrogens is 378 g/mol. The van der Waals surface area contributed by atoms with Crippen molar-refractivity contribution in [2.24, 2.45) is 0 Å². The highest BCUT2D eigenvalue weighted by Gasteiger charge is 2.20. The second-order valence-electron chi connectivity index (χ2n) is 6.17. The van der Waals surface area contributed by atoms with Crippen LogP contribution in [0, 0.1) is 10.1 Å². The quantitative estimate of drug-likeness (QED) is 0.313. The van der Waals surface area contributed by atoms with Crippen molar-refractivity contribution in [2.45, 2.75) is 26.4 Å². The Morgan fingerprint density at radius 3 is 2.45 bits per heavy atom. The lowest BCUT2D eigenvalue weighted by Gasteiger charge is -2.10. The van der Waals surface area contributed by atoms with Gasteiger partial charge in [-0.25, -0.2) is 4.79 Å². The Morgan fingerprint density at radius 1 is 1.14 bits per heavy atom. The monoisotopic (exact) mass is 397 g/mol. The first-order valence-corrected chi connectivity index (χ1v) is 9.00. The van der Waals surface area contributed by atoms with Crippen molar-refractivity contribution in [1.29, 1.82) is 0 Å². The molecule has 0 N–H and O–H groups in total. The van der Waals surface area contributed by atoms with Crippen molar-refractivity contribution in [3.63, 3.8) is 0 Å². The average molecular weight is 397 g/mol. The first-order chi connectivity index (χ1) is 14.0. The van der Waals surface area contributed by atoms with E-state index in [9.17, 15) is 14.9 Å². The molecule has 0 aliphatic carbocycles. The number of hydrogen-bond donors (Lipinski definition) is 0. The molecule has 9 heteroatoms. The Labute approximate surface area is 166 Å². The summed E-state index contributed by atoms with van der Waals surface area (Å²) in [5.74, 6) is 0.445. The summed E-state index contributed by atoms with van der Waals surface area (Å²) in [7, 11) is 0. The second kappa shape index (κ2) is 8.96. The minimum atomic E-state index is -0.766. The largest absolute Gasteiger partial charge is 0.494 e. The van der Waals surface area contributed by atoms with Crippen LogP contribution in [0.1, 0.15) is 42.6 Å². The molecule has 0 radical (unpaired) electrons. The molecule has 0 unspecified atom stereocenters. The number of nitrogens with zero attached hydrogens (tertiary/aromatic N) is 3. The maximum absolute atomic E-state index is 12.3. The van der Waals surface area contributed by atoms with E-state index >= 15 is 0 Å². The summed E-state index contributed by atoms with van der Waals surface area (Å²) in [6.45, 7) is 4.23. The summed E-state index contributed by atoms with van der Waals surface area (Å²) in [5, 5.41) is 18.5. The Balaban J connectivity index is 1.64.